The molecule has 3 rings (SSSR count). The lowest BCUT2D eigenvalue weighted by molar-refractivity contribution is -0.384. The topological polar surface area (TPSA) is 158 Å². The second-order valence-electron chi connectivity index (χ2n) is 7.30. The lowest BCUT2D eigenvalue weighted by Gasteiger charge is -2.24. The highest BCUT2D eigenvalue weighted by Gasteiger charge is 2.43. The van der Waals surface area contributed by atoms with Gasteiger partial charge in [-0.15, -0.1) is 0 Å². The van der Waals surface area contributed by atoms with Gasteiger partial charge in [-0.05, 0) is 18.6 Å². The number of rotatable bonds is 9. The SMILES string of the molecule is CS(=O)(=O)CC[C@H](C(=O)OCC(=O)c1cccc([N+](=O)[O-])c1)N1C(=O)c2ccccc2C1=O. The zero-order valence-corrected chi connectivity index (χ0v) is 18.1. The minimum Gasteiger partial charge on any atom is -0.456 e. The summed E-state index contributed by atoms with van der Waals surface area (Å²) in [6, 6.07) is 9.10. The molecule has 0 bridgehead atoms. The quantitative estimate of drug-likeness (QED) is 0.172. The zero-order chi connectivity index (χ0) is 24.3. The van der Waals surface area contributed by atoms with Crippen molar-refractivity contribution >= 4 is 39.1 Å². The molecule has 1 aliphatic heterocycles. The number of imide groups is 1. The summed E-state index contributed by atoms with van der Waals surface area (Å²) < 4.78 is 28.3. The molecule has 2 aromatic rings. The molecule has 0 aromatic heterocycles. The Morgan fingerprint density at radius 2 is 1.67 bits per heavy atom. The van der Waals surface area contributed by atoms with E-state index in [0.29, 0.717) is 4.90 Å². The van der Waals surface area contributed by atoms with Gasteiger partial charge in [0.2, 0.25) is 5.78 Å². The first-order valence-electron chi connectivity index (χ1n) is 9.58. The third-order valence-electron chi connectivity index (χ3n) is 4.90. The lowest BCUT2D eigenvalue weighted by Crippen LogP contribution is -2.46. The number of ketones is 1. The highest BCUT2D eigenvalue weighted by atomic mass is 32.2. The molecule has 1 aliphatic rings. The summed E-state index contributed by atoms with van der Waals surface area (Å²) in [7, 11) is -3.56. The van der Waals surface area contributed by atoms with Crippen LogP contribution in [0.5, 0.6) is 0 Å². The number of non-ortho nitro benzene ring substituents is 1. The average Bonchev–Trinajstić information content (AvgIpc) is 3.02. The number of benzene rings is 2. The first-order chi connectivity index (χ1) is 15.5. The van der Waals surface area contributed by atoms with Crippen molar-refractivity contribution in [3.05, 3.63) is 75.3 Å². The molecular weight excluding hydrogens is 456 g/mol. The number of nitrogens with zero attached hydrogens (tertiary/aromatic N) is 2. The minimum absolute atomic E-state index is 0.0623. The van der Waals surface area contributed by atoms with Crippen LogP contribution < -0.4 is 0 Å². The van der Waals surface area contributed by atoms with Gasteiger partial charge in [0.1, 0.15) is 15.9 Å². The lowest BCUT2D eigenvalue weighted by atomic mass is 10.1. The highest BCUT2D eigenvalue weighted by Crippen LogP contribution is 2.26. The fourth-order valence-electron chi connectivity index (χ4n) is 3.28. The van der Waals surface area contributed by atoms with Gasteiger partial charge in [-0.2, -0.15) is 0 Å². The Balaban J connectivity index is 1.80. The molecule has 0 aliphatic carbocycles. The van der Waals surface area contributed by atoms with Gasteiger partial charge in [-0.3, -0.25) is 29.4 Å². The van der Waals surface area contributed by atoms with E-state index in [-0.39, 0.29) is 22.4 Å². The van der Waals surface area contributed by atoms with E-state index in [1.165, 1.54) is 42.5 Å². The van der Waals surface area contributed by atoms with Crippen LogP contribution in [0.15, 0.2) is 48.5 Å². The number of carbonyl (C=O) groups excluding carboxylic acids is 4. The van der Waals surface area contributed by atoms with Crippen molar-refractivity contribution in [1.29, 1.82) is 0 Å². The Bertz CT molecular complexity index is 1240. The number of fused-ring (bicyclic) bond motifs is 1. The van der Waals surface area contributed by atoms with Crippen LogP contribution >= 0.6 is 0 Å². The number of amides is 2. The van der Waals surface area contributed by atoms with E-state index >= 15 is 0 Å². The molecule has 0 radical (unpaired) electrons. The highest BCUT2D eigenvalue weighted by molar-refractivity contribution is 7.90. The summed E-state index contributed by atoms with van der Waals surface area (Å²) in [6.45, 7) is -0.821. The molecule has 1 atom stereocenters. The molecule has 0 unspecified atom stereocenters. The molecule has 0 fully saturated rings. The summed E-state index contributed by atoms with van der Waals surface area (Å²) in [6.07, 6.45) is 0.512. The van der Waals surface area contributed by atoms with Crippen LogP contribution in [0, 0.1) is 10.1 Å². The predicted octanol–water partition coefficient (Wildman–Crippen LogP) is 1.42. The molecule has 11 nitrogen and oxygen atoms in total. The molecule has 12 heteroatoms. The maximum Gasteiger partial charge on any atom is 0.329 e. The second-order valence-corrected chi connectivity index (χ2v) is 9.56. The van der Waals surface area contributed by atoms with E-state index in [4.69, 9.17) is 4.74 Å². The number of Topliss-reactive ketones (excluding diaryl/α,β-unsaturated/α-hetero) is 1. The van der Waals surface area contributed by atoms with Gasteiger partial charge in [0, 0.05) is 24.0 Å². The average molecular weight is 474 g/mol. The summed E-state index contributed by atoms with van der Waals surface area (Å²) in [5.41, 5.74) is -0.283. The number of carbonyl (C=O) groups is 4. The van der Waals surface area contributed by atoms with Crippen molar-refractivity contribution in [2.24, 2.45) is 0 Å². The Kier molecular flexibility index (Phi) is 6.68. The molecule has 0 N–H and O–H groups in total. The minimum atomic E-state index is -3.56. The van der Waals surface area contributed by atoms with Crippen molar-refractivity contribution in [2.75, 3.05) is 18.6 Å². The van der Waals surface area contributed by atoms with Gasteiger partial charge in [0.05, 0.1) is 21.8 Å². The number of hydrogen-bond acceptors (Lipinski definition) is 9. The summed E-state index contributed by atoms with van der Waals surface area (Å²) >= 11 is 0. The van der Waals surface area contributed by atoms with Gasteiger partial charge in [0.25, 0.3) is 17.5 Å². The third-order valence-corrected chi connectivity index (χ3v) is 5.87. The maximum absolute atomic E-state index is 12.8. The normalized spacial score (nSPS) is 14.0. The molecule has 0 saturated carbocycles. The fraction of sp³-hybridized carbons (Fsp3) is 0.238. The smallest absolute Gasteiger partial charge is 0.329 e. The van der Waals surface area contributed by atoms with Crippen molar-refractivity contribution in [2.45, 2.75) is 12.5 Å². The number of esters is 1. The maximum atomic E-state index is 12.8. The van der Waals surface area contributed by atoms with E-state index in [0.717, 1.165) is 12.3 Å². The summed E-state index contributed by atoms with van der Waals surface area (Å²) in [5, 5.41) is 10.9. The first kappa shape index (κ1) is 23.7. The third kappa shape index (κ3) is 5.29. The molecule has 0 saturated heterocycles. The number of nitro benzene ring substituents is 1. The van der Waals surface area contributed by atoms with E-state index in [1.54, 1.807) is 0 Å². The van der Waals surface area contributed by atoms with E-state index in [9.17, 15) is 37.7 Å². The fourth-order valence-corrected chi connectivity index (χ4v) is 3.93. The molecular formula is C21H18N2O9S. The van der Waals surface area contributed by atoms with Gasteiger partial charge >= 0.3 is 5.97 Å². The molecule has 172 valence electrons. The monoisotopic (exact) mass is 474 g/mol. The van der Waals surface area contributed by atoms with Gasteiger partial charge in [0.15, 0.2) is 6.61 Å². The second kappa shape index (κ2) is 9.28. The van der Waals surface area contributed by atoms with E-state index < -0.39 is 63.1 Å². The Hall–Kier alpha value is -3.93. The van der Waals surface area contributed by atoms with Crippen molar-refractivity contribution in [3.63, 3.8) is 0 Å². The standard InChI is InChI=1S/C21H18N2O9S/c1-33(30,31)10-9-17(22-19(25)15-7-2-3-8-16(15)20(22)26)21(27)32-12-18(24)13-5-4-6-14(11-13)23(28)29/h2-8,11,17H,9-10,12H2,1H3/t17-/m1/s1. The first-order valence-corrected chi connectivity index (χ1v) is 11.6. The Morgan fingerprint density at radius 1 is 1.06 bits per heavy atom. The van der Waals surface area contributed by atoms with Crippen LogP contribution in [0.1, 0.15) is 37.5 Å². The van der Waals surface area contributed by atoms with Crippen LogP contribution in [-0.2, 0) is 19.4 Å². The summed E-state index contributed by atoms with van der Waals surface area (Å²) in [4.78, 5) is 61.5. The van der Waals surface area contributed by atoms with Gasteiger partial charge in [-0.1, -0.05) is 24.3 Å². The predicted molar refractivity (Wildman–Crippen MR) is 113 cm³/mol. The zero-order valence-electron chi connectivity index (χ0n) is 17.3. The molecule has 2 aromatic carbocycles. The van der Waals surface area contributed by atoms with Crippen LogP contribution in [0.25, 0.3) is 0 Å². The van der Waals surface area contributed by atoms with Crippen LogP contribution in [0.3, 0.4) is 0 Å². The number of hydrogen-bond donors (Lipinski definition) is 0. The molecule has 0 spiro atoms. The van der Waals surface area contributed by atoms with Gasteiger partial charge in [-0.25, -0.2) is 13.2 Å². The van der Waals surface area contributed by atoms with E-state index in [2.05, 4.69) is 0 Å². The van der Waals surface area contributed by atoms with E-state index in [1.807, 2.05) is 0 Å². The molecule has 2 amide bonds. The van der Waals surface area contributed by atoms with Crippen molar-refractivity contribution < 1.29 is 37.3 Å². The Labute approximate surface area is 188 Å². The molecule has 1 heterocycles. The largest absolute Gasteiger partial charge is 0.456 e. The van der Waals surface area contributed by atoms with Gasteiger partial charge < -0.3 is 4.74 Å². The van der Waals surface area contributed by atoms with Crippen LogP contribution in [0.2, 0.25) is 0 Å². The number of nitro groups is 1. The number of ether oxygens (including phenoxy) is 1. The summed E-state index contributed by atoms with van der Waals surface area (Å²) in [5.74, 6) is -3.98. The Morgan fingerprint density at radius 3 is 2.21 bits per heavy atom. The van der Waals surface area contributed by atoms with Crippen molar-refractivity contribution in [3.8, 4) is 0 Å². The number of sulfone groups is 1. The van der Waals surface area contributed by atoms with Crippen molar-refractivity contribution in [1.82, 2.24) is 4.90 Å². The van der Waals surface area contributed by atoms with Crippen LogP contribution in [-0.4, -0.2) is 66.5 Å². The van der Waals surface area contributed by atoms with Crippen LogP contribution in [0.4, 0.5) is 5.69 Å². The molecule has 33 heavy (non-hydrogen) atoms.